The highest BCUT2D eigenvalue weighted by Gasteiger charge is 2.46. The van der Waals surface area contributed by atoms with Gasteiger partial charge in [-0.15, -0.1) is 0 Å². The number of likely N-dealkylation sites (N-methyl/N-ethyl adjacent to an activating group) is 7. The first kappa shape index (κ1) is 85.8. The van der Waals surface area contributed by atoms with E-state index in [0.29, 0.717) is 26.0 Å². The lowest BCUT2D eigenvalue weighted by atomic mass is 9.91. The molecule has 0 saturated carbocycles. The van der Waals surface area contributed by atoms with Crippen molar-refractivity contribution in [2.24, 2.45) is 41.4 Å². The first-order valence-electron chi connectivity index (χ1n) is 35.0. The van der Waals surface area contributed by atoms with Crippen molar-refractivity contribution in [3.63, 3.8) is 0 Å². The fourth-order valence-electron chi connectivity index (χ4n) is 12.8. The number of nitrogens with zero attached hydrogens (tertiary/aromatic N) is 9. The van der Waals surface area contributed by atoms with E-state index in [1.807, 2.05) is 61.5 Å². The van der Waals surface area contributed by atoms with Gasteiger partial charge in [0.05, 0.1) is 12.7 Å². The molecule has 0 aliphatic carbocycles. The molecule has 14 atom stereocenters. The SMILES string of the molecule is C/C=C/C[C@@H](C)[C@@H](O)[C@H]1C(=O)N[C@@H](CC)C(=O)N(C)[C@H](C)C(=O)N(C)[C@@H]([C@H](C)CCN2CCN(CCOC)CC2)C(=O)N[C@@H](C(C)C)C(=O)N(C)[C@@H](CC(C)C)C(=O)N[C@@H](C)C(=O)N[C@H](C)C(=O)N(C)[C@@H](CC(C)C)C(=O)N(C)[C@@H](CC(C)C)C(=O)N(C)[C@@H](C(C)C)C(=O)N1C. The van der Waals surface area contributed by atoms with E-state index in [1.54, 1.807) is 54.7 Å². The zero-order valence-corrected chi connectivity index (χ0v) is 63.2. The molecule has 2 rings (SSSR count). The van der Waals surface area contributed by atoms with Crippen LogP contribution in [-0.4, -0.2) is 289 Å². The quantitative estimate of drug-likeness (QED) is 0.110. The number of carbonyl (C=O) groups is 11. The largest absolute Gasteiger partial charge is 0.390 e. The maximum Gasteiger partial charge on any atom is 0.246 e. The molecule has 2 fully saturated rings. The number of aliphatic hydroxyl groups is 1. The third kappa shape index (κ3) is 23.7. The number of carbonyl (C=O) groups excluding carboxylic acids is 11. The fraction of sp³-hybridized carbons (Fsp3) is 0.814. The molecule has 2 heterocycles. The lowest BCUT2D eigenvalue weighted by Gasteiger charge is -2.41. The smallest absolute Gasteiger partial charge is 0.246 e. The average molecular weight is 1360 g/mol. The number of nitrogens with one attached hydrogen (secondary N) is 4. The van der Waals surface area contributed by atoms with Gasteiger partial charge in [0.25, 0.3) is 0 Å². The molecule has 2 aliphatic heterocycles. The third-order valence-corrected chi connectivity index (χ3v) is 19.3. The van der Waals surface area contributed by atoms with Crippen LogP contribution in [0.3, 0.4) is 0 Å². The molecular formula is C70H127N13O13. The number of allylic oxidation sites excluding steroid dienone is 2. The molecule has 0 aromatic carbocycles. The summed E-state index contributed by atoms with van der Waals surface area (Å²) in [5.74, 6) is -10.2. The van der Waals surface area contributed by atoms with Crippen LogP contribution in [0.15, 0.2) is 12.2 Å². The Morgan fingerprint density at radius 2 is 0.927 bits per heavy atom. The first-order valence-corrected chi connectivity index (χ1v) is 35.0. The van der Waals surface area contributed by atoms with Gasteiger partial charge in [-0.05, 0) is 114 Å². The molecule has 0 unspecified atom stereocenters. The van der Waals surface area contributed by atoms with E-state index in [-0.39, 0.29) is 43.4 Å². The van der Waals surface area contributed by atoms with Crippen LogP contribution in [0.1, 0.15) is 156 Å². The van der Waals surface area contributed by atoms with Gasteiger partial charge in [0.1, 0.15) is 66.5 Å². The number of rotatable bonds is 20. The molecule has 550 valence electrons. The van der Waals surface area contributed by atoms with Crippen molar-refractivity contribution in [2.75, 3.05) is 102 Å². The Morgan fingerprint density at radius 1 is 0.479 bits per heavy atom. The van der Waals surface area contributed by atoms with Crippen LogP contribution < -0.4 is 21.3 Å². The monoisotopic (exact) mass is 1360 g/mol. The normalized spacial score (nSPS) is 27.6. The van der Waals surface area contributed by atoms with Gasteiger partial charge in [-0.1, -0.05) is 102 Å². The minimum Gasteiger partial charge on any atom is -0.390 e. The molecule has 0 spiro atoms. The van der Waals surface area contributed by atoms with Gasteiger partial charge in [-0.3, -0.25) is 57.6 Å². The number of methoxy groups -OCH3 is 1. The van der Waals surface area contributed by atoms with Crippen LogP contribution in [0.4, 0.5) is 0 Å². The van der Waals surface area contributed by atoms with Crippen LogP contribution in [-0.2, 0) is 57.5 Å². The van der Waals surface area contributed by atoms with E-state index in [1.165, 1.54) is 99.5 Å². The van der Waals surface area contributed by atoms with Gasteiger partial charge in [0.2, 0.25) is 65.0 Å². The van der Waals surface area contributed by atoms with Crippen LogP contribution in [0.5, 0.6) is 0 Å². The van der Waals surface area contributed by atoms with Crippen LogP contribution in [0, 0.1) is 41.4 Å². The number of hydrogen-bond acceptors (Lipinski definition) is 15. The topological polar surface area (TPSA) is 295 Å². The van der Waals surface area contributed by atoms with Crippen molar-refractivity contribution in [3.8, 4) is 0 Å². The summed E-state index contributed by atoms with van der Waals surface area (Å²) in [6.07, 6.45) is 3.28. The molecule has 0 radical (unpaired) electrons. The number of hydrogen-bond donors (Lipinski definition) is 5. The second kappa shape index (κ2) is 40.0. The number of aliphatic hydroxyl groups excluding tert-OH is 1. The van der Waals surface area contributed by atoms with Crippen LogP contribution in [0.2, 0.25) is 0 Å². The van der Waals surface area contributed by atoms with Gasteiger partial charge in [0.15, 0.2) is 0 Å². The van der Waals surface area contributed by atoms with Gasteiger partial charge in [0, 0.05) is 89.2 Å². The van der Waals surface area contributed by atoms with E-state index in [2.05, 4.69) is 31.1 Å². The second-order valence-electron chi connectivity index (χ2n) is 29.2. The van der Waals surface area contributed by atoms with E-state index in [0.717, 1.165) is 37.6 Å². The van der Waals surface area contributed by atoms with Crippen molar-refractivity contribution in [1.82, 2.24) is 65.4 Å². The Kier molecular flexibility index (Phi) is 35.7. The molecule has 0 aromatic heterocycles. The van der Waals surface area contributed by atoms with E-state index in [9.17, 15) is 29.1 Å². The number of ether oxygens (including phenoxy) is 1. The van der Waals surface area contributed by atoms with Crippen molar-refractivity contribution in [3.05, 3.63) is 12.2 Å². The summed E-state index contributed by atoms with van der Waals surface area (Å²) in [6, 6.07) is -13.8. The average Bonchev–Trinajstić information content (AvgIpc) is 0.836. The third-order valence-electron chi connectivity index (χ3n) is 19.3. The minimum atomic E-state index is -1.63. The van der Waals surface area contributed by atoms with Crippen molar-refractivity contribution in [2.45, 2.75) is 229 Å². The molecular weight excluding hydrogens is 1230 g/mol. The second-order valence-corrected chi connectivity index (χ2v) is 29.2. The maximum atomic E-state index is 15.3. The number of amides is 11. The molecule has 26 heteroatoms. The number of piperazine rings is 1. The maximum absolute atomic E-state index is 15.3. The highest BCUT2D eigenvalue weighted by atomic mass is 16.5. The van der Waals surface area contributed by atoms with Crippen molar-refractivity contribution in [1.29, 1.82) is 0 Å². The van der Waals surface area contributed by atoms with Gasteiger partial charge in [-0.25, -0.2) is 0 Å². The van der Waals surface area contributed by atoms with Crippen LogP contribution in [0.25, 0.3) is 0 Å². The van der Waals surface area contributed by atoms with Gasteiger partial charge < -0.3 is 70.3 Å². The Labute approximate surface area is 575 Å². The zero-order valence-electron chi connectivity index (χ0n) is 63.2. The lowest BCUT2D eigenvalue weighted by molar-refractivity contribution is -0.157. The predicted octanol–water partition coefficient (Wildman–Crippen LogP) is 2.90. The highest BCUT2D eigenvalue weighted by Crippen LogP contribution is 2.27. The summed E-state index contributed by atoms with van der Waals surface area (Å²) in [5, 5.41) is 23.5. The van der Waals surface area contributed by atoms with Gasteiger partial charge in [-0.2, -0.15) is 0 Å². The molecule has 0 bridgehead atoms. The minimum absolute atomic E-state index is 0.00605. The Morgan fingerprint density at radius 3 is 1.41 bits per heavy atom. The predicted molar refractivity (Wildman–Crippen MR) is 372 cm³/mol. The Balaban J connectivity index is 3.03. The standard InChI is InChI=1S/C70H127N13O13/c1-26-28-29-47(14)59(84)58-63(88)73-51(27-2)66(91)75(18)50(17)65(90)80(23)57(46(13)30-31-82-32-34-83(35-33-82)36-37-96-25)62(87)74-55(44(9)10)69(94)76(19)52(38-41(3)4)61(86)71-48(15)60(85)72-49(16)64(89)77(20)53(39-42(5)6)67(92)78(21)54(40-43(7)8)68(93)79(22)56(45(11)12)70(95)81(58)24/h26,28,41-59,84H,27,29-40H2,1-25H3,(H,71,86)(H,72,85)(H,73,88)(H,74,87)/b28-26+/t46-,47-,48+,49-,50-,51+,52+,53+,54+,55+,56+,57+,58+,59-/m1/s1. The summed E-state index contributed by atoms with van der Waals surface area (Å²) in [7, 11) is 11.7. The van der Waals surface area contributed by atoms with Gasteiger partial charge >= 0.3 is 0 Å². The molecule has 96 heavy (non-hydrogen) atoms. The first-order chi connectivity index (χ1) is 44.6. The van der Waals surface area contributed by atoms with E-state index < -0.39 is 161 Å². The molecule has 0 aromatic rings. The molecule has 26 nitrogen and oxygen atoms in total. The Hall–Kier alpha value is -6.25. The molecule has 2 saturated heterocycles. The summed E-state index contributed by atoms with van der Waals surface area (Å²) in [5.41, 5.74) is 0. The summed E-state index contributed by atoms with van der Waals surface area (Å²) < 4.78 is 5.30. The molecule has 11 amide bonds. The van der Waals surface area contributed by atoms with Crippen molar-refractivity contribution < 1.29 is 62.6 Å². The fourth-order valence-corrected chi connectivity index (χ4v) is 12.8. The lowest BCUT2D eigenvalue weighted by Crippen LogP contribution is -2.64. The van der Waals surface area contributed by atoms with E-state index in [4.69, 9.17) is 4.74 Å². The van der Waals surface area contributed by atoms with Crippen molar-refractivity contribution >= 4 is 65.0 Å². The van der Waals surface area contributed by atoms with E-state index >= 15 is 28.8 Å². The highest BCUT2D eigenvalue weighted by molar-refractivity contribution is 6.00. The summed E-state index contributed by atoms with van der Waals surface area (Å²) in [4.78, 5) is 177. The molecule has 2 aliphatic rings. The summed E-state index contributed by atoms with van der Waals surface area (Å²) >= 11 is 0. The molecule has 5 N–H and O–H groups in total. The Bertz CT molecular complexity index is 2610. The van der Waals surface area contributed by atoms with Crippen LogP contribution >= 0.6 is 0 Å². The summed E-state index contributed by atoms with van der Waals surface area (Å²) in [6.45, 7) is 34.8. The zero-order chi connectivity index (χ0) is 73.7.